The molecule has 51 heavy (non-hydrogen) atoms. The molecule has 0 saturated carbocycles. The number of ketones is 1. The number of rotatable bonds is 12. The Bertz CT molecular complexity index is 1440. The van der Waals surface area contributed by atoms with Crippen molar-refractivity contribution in [3.8, 4) is 0 Å². The average Bonchev–Trinajstić information content (AvgIpc) is 3.03. The Kier molecular flexibility index (Phi) is 18.3. The second kappa shape index (κ2) is 20.8. The summed E-state index contributed by atoms with van der Waals surface area (Å²) in [5.74, 6) is -8.56. The summed E-state index contributed by atoms with van der Waals surface area (Å²) in [5.41, 5.74) is 1.89. The van der Waals surface area contributed by atoms with Crippen LogP contribution in [0, 0.1) is 5.92 Å². The second-order valence-corrected chi connectivity index (χ2v) is 12.1. The normalized spacial score (nSPS) is 14.7. The first-order valence-electron chi connectivity index (χ1n) is 14.9. The first kappa shape index (κ1) is 45.0. The van der Waals surface area contributed by atoms with Gasteiger partial charge in [-0.15, -0.1) is 0 Å². The van der Waals surface area contributed by atoms with E-state index in [1.165, 1.54) is 0 Å². The summed E-state index contributed by atoms with van der Waals surface area (Å²) in [7, 11) is 1.99. The largest absolute Gasteiger partial charge is 0.490 e. The lowest BCUT2D eigenvalue weighted by Gasteiger charge is -2.28. The third-order valence-corrected chi connectivity index (χ3v) is 7.96. The highest BCUT2D eigenvalue weighted by molar-refractivity contribution is 7.99. The molecule has 3 rings (SSSR count). The van der Waals surface area contributed by atoms with Gasteiger partial charge in [0.05, 0.1) is 17.3 Å². The number of carbonyl (C=O) groups is 5. The van der Waals surface area contributed by atoms with Crippen molar-refractivity contribution in [3.63, 3.8) is 0 Å². The number of pyridine rings is 1. The Morgan fingerprint density at radius 1 is 0.922 bits per heavy atom. The van der Waals surface area contributed by atoms with Gasteiger partial charge in [0.25, 0.3) is 0 Å². The molecule has 1 saturated heterocycles. The molecule has 1 aromatic carbocycles. The quantitative estimate of drug-likeness (QED) is 0.176. The minimum atomic E-state index is -5.08. The molecule has 4 N–H and O–H groups in total. The summed E-state index contributed by atoms with van der Waals surface area (Å²) in [6.45, 7) is 2.05. The second-order valence-electron chi connectivity index (χ2n) is 10.9. The molecule has 0 unspecified atom stereocenters. The Morgan fingerprint density at radius 3 is 2.00 bits per heavy atom. The molecule has 1 atom stereocenters. The molecule has 1 aromatic heterocycles. The maximum absolute atomic E-state index is 13.0. The molecule has 0 radical (unpaired) electrons. The van der Waals surface area contributed by atoms with Gasteiger partial charge in [-0.2, -0.15) is 51.3 Å². The smallest absolute Gasteiger partial charge is 0.475 e. The van der Waals surface area contributed by atoms with E-state index in [9.17, 15) is 53.9 Å². The maximum Gasteiger partial charge on any atom is 0.490 e. The first-order chi connectivity index (χ1) is 23.5. The topological polar surface area (TPSA) is 166 Å². The molecule has 11 nitrogen and oxygen atoms in total. The molecule has 0 aliphatic carbocycles. The van der Waals surface area contributed by atoms with Crippen LogP contribution in [0.15, 0.2) is 36.5 Å². The summed E-state index contributed by atoms with van der Waals surface area (Å²) < 4.78 is 101. The van der Waals surface area contributed by atoms with Crippen LogP contribution in [0.3, 0.4) is 0 Å². The fraction of sp³-hybridized carbons (Fsp3) is 0.533. The van der Waals surface area contributed by atoms with Crippen molar-refractivity contribution in [2.75, 3.05) is 38.2 Å². The SMILES string of the molecule is CN1CCC(C(=O)NC(=O)[C@H](CCCSCC(=O)C(F)(F)F)NCCc2cnc3ccccc3c2)CC1.O=C(O)C(F)(F)F.O=C(O)C(F)(F)F. The minimum Gasteiger partial charge on any atom is -0.475 e. The molecule has 2 amide bonds. The van der Waals surface area contributed by atoms with Crippen LogP contribution in [0.2, 0.25) is 0 Å². The van der Waals surface area contributed by atoms with Crippen LogP contribution in [0.25, 0.3) is 10.9 Å². The standard InChI is InChI=1S/C26H33F3N4O3S.2C2HF3O2/c1-33-12-9-19(10-13-33)24(35)32-25(36)22(7-4-14-37-17-23(34)26(27,28)29)30-11-8-18-15-20-5-2-3-6-21(20)31-16-18;2*3-2(4,5)1(6)7/h2-3,5-6,15-16,19,22,30H,4,7-14,17H2,1H3,(H,32,35,36);2*(H,6,7)/t22-;;/m0../s1. The number of carboxylic acid groups (broad SMARTS) is 2. The van der Waals surface area contributed by atoms with Crippen molar-refractivity contribution < 1.29 is 73.7 Å². The van der Waals surface area contributed by atoms with Crippen molar-refractivity contribution in [2.24, 2.45) is 5.92 Å². The Hall–Kier alpha value is -3.98. The monoisotopic (exact) mass is 766 g/mol. The van der Waals surface area contributed by atoms with Gasteiger partial charge in [-0.25, -0.2) is 9.59 Å². The van der Waals surface area contributed by atoms with Crippen molar-refractivity contribution >= 4 is 52.2 Å². The van der Waals surface area contributed by atoms with Crippen LogP contribution < -0.4 is 10.6 Å². The van der Waals surface area contributed by atoms with Gasteiger partial charge in [0, 0.05) is 17.5 Å². The number of piperidine rings is 1. The molecule has 286 valence electrons. The van der Waals surface area contributed by atoms with Crippen LogP contribution >= 0.6 is 11.8 Å². The molecule has 2 aromatic rings. The third kappa shape index (κ3) is 18.2. The molecular weight excluding hydrogens is 731 g/mol. The van der Waals surface area contributed by atoms with Gasteiger partial charge in [0.2, 0.25) is 17.6 Å². The highest BCUT2D eigenvalue weighted by Crippen LogP contribution is 2.20. The zero-order chi connectivity index (χ0) is 39.0. The number of carboxylic acids is 2. The van der Waals surface area contributed by atoms with E-state index in [-0.39, 0.29) is 11.8 Å². The van der Waals surface area contributed by atoms with Gasteiger partial charge in [-0.3, -0.25) is 24.7 Å². The minimum absolute atomic E-state index is 0.214. The van der Waals surface area contributed by atoms with Gasteiger partial charge in [0.15, 0.2) is 0 Å². The number of hydrogen-bond acceptors (Lipinski definition) is 9. The summed E-state index contributed by atoms with van der Waals surface area (Å²) >= 11 is 0.892. The van der Waals surface area contributed by atoms with Crippen LogP contribution in [0.1, 0.15) is 31.2 Å². The van der Waals surface area contributed by atoms with E-state index in [0.717, 1.165) is 41.3 Å². The van der Waals surface area contributed by atoms with Crippen molar-refractivity contribution in [1.82, 2.24) is 20.5 Å². The predicted molar refractivity (Wildman–Crippen MR) is 166 cm³/mol. The zero-order valence-corrected chi connectivity index (χ0v) is 27.6. The number of nitrogens with one attached hydrogen (secondary N) is 2. The number of para-hydroxylation sites is 1. The van der Waals surface area contributed by atoms with Crippen LogP contribution in [0.4, 0.5) is 39.5 Å². The molecular formula is C30H35F9N4O7S. The molecule has 21 heteroatoms. The highest BCUT2D eigenvalue weighted by atomic mass is 32.2. The molecule has 0 bridgehead atoms. The van der Waals surface area contributed by atoms with E-state index in [2.05, 4.69) is 20.5 Å². The fourth-order valence-corrected chi connectivity index (χ4v) is 5.05. The van der Waals surface area contributed by atoms with Gasteiger partial charge < -0.3 is 20.4 Å². The van der Waals surface area contributed by atoms with E-state index in [4.69, 9.17) is 19.8 Å². The summed E-state index contributed by atoms with van der Waals surface area (Å²) in [5, 5.41) is 21.0. The van der Waals surface area contributed by atoms with Crippen molar-refractivity contribution in [3.05, 3.63) is 42.1 Å². The number of amides is 2. The lowest BCUT2D eigenvalue weighted by atomic mass is 9.96. The number of carbonyl (C=O) groups excluding carboxylic acids is 3. The number of aliphatic carboxylic acids is 2. The number of halogens is 9. The Balaban J connectivity index is 0.000000780. The molecule has 0 spiro atoms. The average molecular weight is 767 g/mol. The summed E-state index contributed by atoms with van der Waals surface area (Å²) in [4.78, 5) is 61.0. The number of hydrogen-bond donors (Lipinski definition) is 4. The number of alkyl halides is 9. The summed E-state index contributed by atoms with van der Waals surface area (Å²) in [6.07, 6.45) is -10.5. The van der Waals surface area contributed by atoms with E-state index < -0.39 is 54.0 Å². The fourth-order valence-electron chi connectivity index (χ4n) is 4.19. The highest BCUT2D eigenvalue weighted by Gasteiger charge is 2.39. The van der Waals surface area contributed by atoms with E-state index in [0.29, 0.717) is 44.4 Å². The lowest BCUT2D eigenvalue weighted by Crippen LogP contribution is -2.49. The Morgan fingerprint density at radius 2 is 1.47 bits per heavy atom. The first-order valence-corrected chi connectivity index (χ1v) is 16.1. The number of fused-ring (bicyclic) bond motifs is 1. The number of aromatic nitrogens is 1. The van der Waals surface area contributed by atoms with E-state index in [1.807, 2.05) is 37.4 Å². The van der Waals surface area contributed by atoms with E-state index in [1.54, 1.807) is 6.20 Å². The molecule has 1 fully saturated rings. The van der Waals surface area contributed by atoms with Gasteiger partial charge in [-0.1, -0.05) is 18.2 Å². The van der Waals surface area contributed by atoms with Crippen LogP contribution in [-0.4, -0.2) is 112 Å². The molecule has 1 aliphatic heterocycles. The van der Waals surface area contributed by atoms with Gasteiger partial charge in [-0.05, 0) is 82.2 Å². The zero-order valence-electron chi connectivity index (χ0n) is 26.8. The van der Waals surface area contributed by atoms with Crippen molar-refractivity contribution in [1.29, 1.82) is 0 Å². The summed E-state index contributed by atoms with van der Waals surface area (Å²) in [6, 6.07) is 9.13. The Labute approximate surface area is 289 Å². The molecule has 2 heterocycles. The number of thioether (sulfide) groups is 1. The third-order valence-electron chi connectivity index (χ3n) is 6.92. The number of likely N-dealkylation sites (tertiary alicyclic amines) is 1. The number of benzene rings is 1. The predicted octanol–water partition coefficient (Wildman–Crippen LogP) is 4.63. The van der Waals surface area contributed by atoms with Crippen LogP contribution in [-0.2, 0) is 30.4 Å². The lowest BCUT2D eigenvalue weighted by molar-refractivity contribution is -0.193. The van der Waals surface area contributed by atoms with E-state index >= 15 is 0 Å². The number of imide groups is 1. The van der Waals surface area contributed by atoms with Crippen LogP contribution in [0.5, 0.6) is 0 Å². The van der Waals surface area contributed by atoms with Crippen molar-refractivity contribution in [2.45, 2.75) is 56.7 Å². The molecule has 1 aliphatic rings. The maximum atomic E-state index is 13.0. The van der Waals surface area contributed by atoms with Gasteiger partial charge >= 0.3 is 30.5 Å². The number of Topliss-reactive ketones (excluding diaryl/α,β-unsaturated/α-hetero) is 1. The number of nitrogens with zero attached hydrogens (tertiary/aromatic N) is 2. The van der Waals surface area contributed by atoms with Gasteiger partial charge in [0.1, 0.15) is 0 Å².